The van der Waals surface area contributed by atoms with Gasteiger partial charge >= 0.3 is 0 Å². The molecule has 3 heteroatoms. The van der Waals surface area contributed by atoms with Crippen LogP contribution in [0.15, 0.2) is 0 Å². The van der Waals surface area contributed by atoms with E-state index in [0.717, 1.165) is 25.0 Å². The molecule has 1 aliphatic rings. The molecule has 102 valence electrons. The van der Waals surface area contributed by atoms with E-state index in [1.165, 1.54) is 19.4 Å². The average molecular weight is 241 g/mol. The summed E-state index contributed by atoms with van der Waals surface area (Å²) < 4.78 is 0. The number of nitrogens with two attached hydrogens (primary N) is 1. The van der Waals surface area contributed by atoms with Gasteiger partial charge in [-0.2, -0.15) is 0 Å². The van der Waals surface area contributed by atoms with E-state index in [4.69, 9.17) is 5.73 Å². The van der Waals surface area contributed by atoms with E-state index in [1.807, 2.05) is 0 Å². The molecule has 3 nitrogen and oxygen atoms in total. The second kappa shape index (κ2) is 6.72. The lowest BCUT2D eigenvalue weighted by atomic mass is 9.96. The highest BCUT2D eigenvalue weighted by Crippen LogP contribution is 2.20. The van der Waals surface area contributed by atoms with Crippen LogP contribution in [0.1, 0.15) is 40.0 Å². The standard InChI is InChI=1S/C14H31N3/c1-11(2)14(15)7-9-17(5)13-6-8-16(4)12(3)10-13/h11-14H,6-10,15H2,1-5H3. The predicted octanol–water partition coefficient (Wildman–Crippen LogP) is 1.77. The molecule has 0 aliphatic carbocycles. The Morgan fingerprint density at radius 2 is 2.06 bits per heavy atom. The minimum absolute atomic E-state index is 0.348. The lowest BCUT2D eigenvalue weighted by Crippen LogP contribution is -2.47. The van der Waals surface area contributed by atoms with E-state index in [1.54, 1.807) is 0 Å². The third-order valence-electron chi connectivity index (χ3n) is 4.48. The molecule has 1 aliphatic heterocycles. The van der Waals surface area contributed by atoms with Crippen LogP contribution in [0.4, 0.5) is 0 Å². The van der Waals surface area contributed by atoms with E-state index in [9.17, 15) is 0 Å². The van der Waals surface area contributed by atoms with Crippen molar-refractivity contribution in [3.63, 3.8) is 0 Å². The molecule has 17 heavy (non-hydrogen) atoms. The molecule has 0 aromatic carbocycles. The van der Waals surface area contributed by atoms with Gasteiger partial charge in [-0.25, -0.2) is 0 Å². The van der Waals surface area contributed by atoms with E-state index in [2.05, 4.69) is 44.7 Å². The number of likely N-dealkylation sites (tertiary alicyclic amines) is 1. The summed E-state index contributed by atoms with van der Waals surface area (Å²) in [7, 11) is 4.49. The van der Waals surface area contributed by atoms with Gasteiger partial charge in [-0.1, -0.05) is 13.8 Å². The smallest absolute Gasteiger partial charge is 0.0119 e. The predicted molar refractivity (Wildman–Crippen MR) is 75.2 cm³/mol. The Bertz CT molecular complexity index is 218. The Kier molecular flexibility index (Phi) is 5.90. The van der Waals surface area contributed by atoms with Crippen molar-refractivity contribution in [1.82, 2.24) is 9.80 Å². The Morgan fingerprint density at radius 1 is 1.41 bits per heavy atom. The molecule has 1 rings (SSSR count). The van der Waals surface area contributed by atoms with Gasteiger partial charge in [0.15, 0.2) is 0 Å². The summed E-state index contributed by atoms with van der Waals surface area (Å²) in [4.78, 5) is 4.98. The van der Waals surface area contributed by atoms with E-state index in [-0.39, 0.29) is 0 Å². The zero-order valence-corrected chi connectivity index (χ0v) is 12.3. The van der Waals surface area contributed by atoms with E-state index >= 15 is 0 Å². The fraction of sp³-hybridized carbons (Fsp3) is 1.00. The Hall–Kier alpha value is -0.120. The number of hydrogen-bond donors (Lipinski definition) is 1. The molecule has 1 saturated heterocycles. The van der Waals surface area contributed by atoms with Gasteiger partial charge in [0.1, 0.15) is 0 Å². The van der Waals surface area contributed by atoms with Crippen molar-refractivity contribution >= 4 is 0 Å². The quantitative estimate of drug-likeness (QED) is 0.796. The first-order valence-corrected chi connectivity index (χ1v) is 7.07. The van der Waals surface area contributed by atoms with Crippen LogP contribution in [0.25, 0.3) is 0 Å². The zero-order chi connectivity index (χ0) is 13.0. The van der Waals surface area contributed by atoms with Crippen LogP contribution >= 0.6 is 0 Å². The minimum Gasteiger partial charge on any atom is -0.327 e. The summed E-state index contributed by atoms with van der Waals surface area (Å²) in [5, 5.41) is 0. The Labute approximate surface area is 107 Å². The molecule has 0 amide bonds. The van der Waals surface area contributed by atoms with Gasteiger partial charge in [0, 0.05) is 18.1 Å². The summed E-state index contributed by atoms with van der Waals surface area (Å²) in [5.74, 6) is 0.597. The molecule has 0 saturated carbocycles. The van der Waals surface area contributed by atoms with Gasteiger partial charge in [-0.05, 0) is 59.3 Å². The lowest BCUT2D eigenvalue weighted by molar-refractivity contribution is 0.102. The molecular weight excluding hydrogens is 210 g/mol. The number of hydrogen-bond acceptors (Lipinski definition) is 3. The molecule has 0 radical (unpaired) electrons. The van der Waals surface area contributed by atoms with Crippen LogP contribution in [0, 0.1) is 5.92 Å². The maximum Gasteiger partial charge on any atom is 0.0119 e. The summed E-state index contributed by atoms with van der Waals surface area (Å²) >= 11 is 0. The SMILES string of the molecule is CC(C)C(N)CCN(C)C1CCN(C)C(C)C1. The van der Waals surface area contributed by atoms with Crippen molar-refractivity contribution in [2.45, 2.75) is 58.2 Å². The van der Waals surface area contributed by atoms with Crippen molar-refractivity contribution < 1.29 is 0 Å². The van der Waals surface area contributed by atoms with Gasteiger partial charge in [-0.3, -0.25) is 0 Å². The fourth-order valence-corrected chi connectivity index (χ4v) is 2.53. The first-order valence-electron chi connectivity index (χ1n) is 7.07. The maximum atomic E-state index is 6.11. The monoisotopic (exact) mass is 241 g/mol. The van der Waals surface area contributed by atoms with Crippen LogP contribution in [0.5, 0.6) is 0 Å². The molecule has 3 atom stereocenters. The van der Waals surface area contributed by atoms with Crippen LogP contribution < -0.4 is 5.73 Å². The van der Waals surface area contributed by atoms with Gasteiger partial charge in [0.25, 0.3) is 0 Å². The number of nitrogens with zero attached hydrogens (tertiary/aromatic N) is 2. The van der Waals surface area contributed by atoms with Crippen molar-refractivity contribution in [3.05, 3.63) is 0 Å². The summed E-state index contributed by atoms with van der Waals surface area (Å²) in [6, 6.07) is 1.82. The highest BCUT2D eigenvalue weighted by molar-refractivity contribution is 4.82. The normalized spacial score (nSPS) is 28.9. The van der Waals surface area contributed by atoms with E-state index in [0.29, 0.717) is 12.0 Å². The topological polar surface area (TPSA) is 32.5 Å². The molecule has 1 heterocycles. The van der Waals surface area contributed by atoms with Crippen molar-refractivity contribution in [1.29, 1.82) is 0 Å². The minimum atomic E-state index is 0.348. The van der Waals surface area contributed by atoms with E-state index < -0.39 is 0 Å². The first-order chi connectivity index (χ1) is 7.91. The summed E-state index contributed by atoms with van der Waals surface area (Å²) in [5.41, 5.74) is 6.11. The molecule has 0 aromatic rings. The second-order valence-corrected chi connectivity index (χ2v) is 6.18. The maximum absolute atomic E-state index is 6.11. The largest absolute Gasteiger partial charge is 0.327 e. The highest BCUT2D eigenvalue weighted by atomic mass is 15.2. The van der Waals surface area contributed by atoms with Crippen molar-refractivity contribution in [2.24, 2.45) is 11.7 Å². The average Bonchev–Trinajstić information content (AvgIpc) is 2.28. The van der Waals surface area contributed by atoms with Gasteiger partial charge in [-0.15, -0.1) is 0 Å². The van der Waals surface area contributed by atoms with Crippen molar-refractivity contribution in [2.75, 3.05) is 27.2 Å². The van der Waals surface area contributed by atoms with Crippen LogP contribution in [-0.4, -0.2) is 55.1 Å². The third-order valence-corrected chi connectivity index (χ3v) is 4.48. The zero-order valence-electron chi connectivity index (χ0n) is 12.3. The third kappa shape index (κ3) is 4.57. The van der Waals surface area contributed by atoms with Crippen LogP contribution in [0.2, 0.25) is 0 Å². The number of rotatable bonds is 5. The number of piperidine rings is 1. The Balaban J connectivity index is 2.30. The molecule has 2 N–H and O–H groups in total. The Morgan fingerprint density at radius 3 is 2.59 bits per heavy atom. The van der Waals surface area contributed by atoms with Gasteiger partial charge in [0.2, 0.25) is 0 Å². The molecular formula is C14H31N3. The molecule has 0 aromatic heterocycles. The lowest BCUT2D eigenvalue weighted by Gasteiger charge is -2.39. The van der Waals surface area contributed by atoms with Crippen molar-refractivity contribution in [3.8, 4) is 0 Å². The summed E-state index contributed by atoms with van der Waals surface area (Å²) in [6.07, 6.45) is 3.72. The highest BCUT2D eigenvalue weighted by Gasteiger charge is 2.25. The fourth-order valence-electron chi connectivity index (χ4n) is 2.53. The van der Waals surface area contributed by atoms with Crippen LogP contribution in [-0.2, 0) is 0 Å². The molecule has 1 fully saturated rings. The van der Waals surface area contributed by atoms with Crippen LogP contribution in [0.3, 0.4) is 0 Å². The summed E-state index contributed by atoms with van der Waals surface area (Å²) in [6.45, 7) is 9.12. The molecule has 0 spiro atoms. The first kappa shape index (κ1) is 14.9. The molecule has 3 unspecified atom stereocenters. The van der Waals surface area contributed by atoms with Gasteiger partial charge in [0.05, 0.1) is 0 Å². The second-order valence-electron chi connectivity index (χ2n) is 6.18. The molecule has 0 bridgehead atoms. The van der Waals surface area contributed by atoms with Gasteiger partial charge < -0.3 is 15.5 Å².